The van der Waals surface area contributed by atoms with E-state index in [0.717, 1.165) is 12.8 Å². The summed E-state index contributed by atoms with van der Waals surface area (Å²) >= 11 is 0. The second kappa shape index (κ2) is 7.31. The van der Waals surface area contributed by atoms with E-state index in [1.165, 1.54) is 32.1 Å². The average molecular weight is 236 g/mol. The smallest absolute Gasteiger partial charge is 0.331 e. The first kappa shape index (κ1) is 14.0. The van der Waals surface area contributed by atoms with E-state index < -0.39 is 5.97 Å². The first-order valence-electron chi connectivity index (χ1n) is 6.76. The largest absolute Gasteiger partial charge is 0.478 e. The Morgan fingerprint density at radius 3 is 2.71 bits per heavy atom. The molecule has 0 aromatic rings. The third-order valence-corrected chi connectivity index (χ3v) is 3.78. The van der Waals surface area contributed by atoms with Crippen LogP contribution < -0.4 is 0 Å². The predicted molar refractivity (Wildman–Crippen MR) is 70.9 cm³/mol. The highest BCUT2D eigenvalue weighted by Gasteiger charge is 2.30. The molecule has 1 saturated carbocycles. The highest BCUT2D eigenvalue weighted by molar-refractivity contribution is 5.87. The fraction of sp³-hybridized carbons (Fsp3) is 0.667. The second-order valence-corrected chi connectivity index (χ2v) is 4.96. The molecule has 0 radical (unpaired) electrons. The Bertz CT molecular complexity index is 291. The average Bonchev–Trinajstić information content (AvgIpc) is 2.33. The summed E-state index contributed by atoms with van der Waals surface area (Å²) in [4.78, 5) is 11.3. The Morgan fingerprint density at radius 2 is 2.12 bits per heavy atom. The molecule has 1 rings (SSSR count). The van der Waals surface area contributed by atoms with Gasteiger partial charge in [0.2, 0.25) is 0 Å². The summed E-state index contributed by atoms with van der Waals surface area (Å²) in [5.41, 5.74) is 0.570. The monoisotopic (exact) mass is 236 g/mol. The van der Waals surface area contributed by atoms with Gasteiger partial charge in [-0.05, 0) is 31.1 Å². The molecule has 0 heterocycles. The molecule has 0 amide bonds. The first-order valence-corrected chi connectivity index (χ1v) is 6.76. The van der Waals surface area contributed by atoms with Crippen molar-refractivity contribution in [2.45, 2.75) is 51.9 Å². The van der Waals surface area contributed by atoms with Crippen molar-refractivity contribution < 1.29 is 9.90 Å². The van der Waals surface area contributed by atoms with Gasteiger partial charge in [-0.25, -0.2) is 4.79 Å². The molecule has 0 saturated heterocycles. The molecule has 2 heteroatoms. The molecule has 0 bridgehead atoms. The van der Waals surface area contributed by atoms with Crippen LogP contribution in [0.25, 0.3) is 0 Å². The maximum atomic E-state index is 11.3. The van der Waals surface area contributed by atoms with Crippen LogP contribution in [0.1, 0.15) is 51.9 Å². The number of hydrogen-bond acceptors (Lipinski definition) is 1. The molecule has 1 fully saturated rings. The number of carboxylic acids is 1. The minimum atomic E-state index is -0.765. The zero-order valence-corrected chi connectivity index (χ0v) is 10.8. The van der Waals surface area contributed by atoms with Crippen molar-refractivity contribution in [1.29, 1.82) is 0 Å². The Morgan fingerprint density at radius 1 is 1.41 bits per heavy atom. The van der Waals surface area contributed by atoms with Crippen LogP contribution in [0.2, 0.25) is 0 Å². The summed E-state index contributed by atoms with van der Waals surface area (Å²) in [5, 5.41) is 9.28. The zero-order valence-electron chi connectivity index (χ0n) is 10.8. The fourth-order valence-corrected chi connectivity index (χ4v) is 2.91. The third-order valence-electron chi connectivity index (χ3n) is 3.78. The van der Waals surface area contributed by atoms with E-state index in [9.17, 15) is 9.90 Å². The van der Waals surface area contributed by atoms with Crippen molar-refractivity contribution in [3.8, 4) is 0 Å². The van der Waals surface area contributed by atoms with Gasteiger partial charge in [0.15, 0.2) is 0 Å². The van der Waals surface area contributed by atoms with Crippen molar-refractivity contribution in [2.24, 2.45) is 11.8 Å². The van der Waals surface area contributed by atoms with Crippen molar-refractivity contribution in [1.82, 2.24) is 0 Å². The number of rotatable bonds is 6. The van der Waals surface area contributed by atoms with Crippen molar-refractivity contribution in [3.63, 3.8) is 0 Å². The van der Waals surface area contributed by atoms with Crippen LogP contribution in [0.3, 0.4) is 0 Å². The van der Waals surface area contributed by atoms with Gasteiger partial charge in [-0.1, -0.05) is 51.3 Å². The lowest BCUT2D eigenvalue weighted by atomic mass is 9.73. The normalized spacial score (nSPS) is 25.6. The second-order valence-electron chi connectivity index (χ2n) is 4.96. The van der Waals surface area contributed by atoms with E-state index in [2.05, 4.69) is 13.5 Å². The highest BCUT2D eigenvalue weighted by atomic mass is 16.4. The van der Waals surface area contributed by atoms with Crippen molar-refractivity contribution in [3.05, 3.63) is 24.3 Å². The number of hydrogen-bond donors (Lipinski definition) is 1. The van der Waals surface area contributed by atoms with Gasteiger partial charge in [0.1, 0.15) is 0 Å². The lowest BCUT2D eigenvalue weighted by Crippen LogP contribution is -2.25. The van der Waals surface area contributed by atoms with E-state index in [0.29, 0.717) is 11.5 Å². The Labute approximate surface area is 104 Å². The van der Waals surface area contributed by atoms with E-state index in [4.69, 9.17) is 0 Å². The lowest BCUT2D eigenvalue weighted by molar-refractivity contribution is -0.133. The molecule has 2 unspecified atom stereocenters. The number of aliphatic carboxylic acids is 1. The van der Waals surface area contributed by atoms with E-state index in [1.54, 1.807) is 12.2 Å². The molecule has 0 aromatic carbocycles. The number of unbranched alkanes of at least 4 members (excludes halogenated alkanes) is 1. The molecule has 1 aliphatic rings. The summed E-state index contributed by atoms with van der Waals surface area (Å²) in [6.07, 6.45) is 11.5. The number of allylic oxidation sites excluding steroid dienone is 2. The number of carbonyl (C=O) groups is 1. The van der Waals surface area contributed by atoms with Gasteiger partial charge in [0.25, 0.3) is 0 Å². The lowest BCUT2D eigenvalue weighted by Gasteiger charge is -2.32. The summed E-state index contributed by atoms with van der Waals surface area (Å²) in [6, 6.07) is 0. The van der Waals surface area contributed by atoms with Crippen LogP contribution in [0.4, 0.5) is 0 Å². The summed E-state index contributed by atoms with van der Waals surface area (Å²) in [5.74, 6) is 0.0371. The zero-order chi connectivity index (χ0) is 12.7. The van der Waals surface area contributed by atoms with Gasteiger partial charge in [0, 0.05) is 5.57 Å². The Hall–Kier alpha value is -1.05. The molecule has 0 aliphatic heterocycles. The molecule has 2 atom stereocenters. The van der Waals surface area contributed by atoms with Crippen molar-refractivity contribution in [2.75, 3.05) is 0 Å². The van der Waals surface area contributed by atoms with Gasteiger partial charge in [-0.3, -0.25) is 0 Å². The van der Waals surface area contributed by atoms with Crippen LogP contribution in [0, 0.1) is 11.8 Å². The minimum absolute atomic E-state index is 0.241. The van der Waals surface area contributed by atoms with Gasteiger partial charge in [-0.15, -0.1) is 0 Å². The SMILES string of the molecule is C=CC=C(C(=O)O)C1CCCCC1CCCC. The third kappa shape index (κ3) is 4.03. The van der Waals surface area contributed by atoms with E-state index >= 15 is 0 Å². The van der Waals surface area contributed by atoms with Crippen molar-refractivity contribution >= 4 is 5.97 Å². The molecular formula is C15H24O2. The van der Waals surface area contributed by atoms with Crippen LogP contribution in [-0.4, -0.2) is 11.1 Å². The molecule has 96 valence electrons. The highest BCUT2D eigenvalue weighted by Crippen LogP contribution is 2.38. The molecular weight excluding hydrogens is 212 g/mol. The Kier molecular flexibility index (Phi) is 6.03. The minimum Gasteiger partial charge on any atom is -0.478 e. The number of carboxylic acid groups (broad SMARTS) is 1. The molecule has 0 aromatic heterocycles. The quantitative estimate of drug-likeness (QED) is 0.555. The van der Waals surface area contributed by atoms with Gasteiger partial charge < -0.3 is 5.11 Å². The van der Waals surface area contributed by atoms with Crippen LogP contribution >= 0.6 is 0 Å². The maximum absolute atomic E-state index is 11.3. The molecule has 17 heavy (non-hydrogen) atoms. The van der Waals surface area contributed by atoms with Crippen LogP contribution in [-0.2, 0) is 4.79 Å². The van der Waals surface area contributed by atoms with Crippen LogP contribution in [0.15, 0.2) is 24.3 Å². The first-order chi connectivity index (χ1) is 8.20. The van der Waals surface area contributed by atoms with Gasteiger partial charge in [-0.2, -0.15) is 0 Å². The fourth-order valence-electron chi connectivity index (χ4n) is 2.91. The van der Waals surface area contributed by atoms with E-state index in [1.807, 2.05) is 0 Å². The maximum Gasteiger partial charge on any atom is 0.331 e. The topological polar surface area (TPSA) is 37.3 Å². The molecule has 0 spiro atoms. The molecule has 2 nitrogen and oxygen atoms in total. The summed E-state index contributed by atoms with van der Waals surface area (Å²) in [6.45, 7) is 5.82. The predicted octanol–water partition coefficient (Wildman–Crippen LogP) is 4.18. The Balaban J connectivity index is 2.77. The van der Waals surface area contributed by atoms with Gasteiger partial charge >= 0.3 is 5.97 Å². The summed E-state index contributed by atoms with van der Waals surface area (Å²) < 4.78 is 0. The standard InChI is InChI=1S/C15H24O2/c1-3-5-9-12-10-6-7-11-13(12)14(8-4-2)15(16)17/h4,8,12-13H,2-3,5-7,9-11H2,1H3,(H,16,17). The van der Waals surface area contributed by atoms with Crippen LogP contribution in [0.5, 0.6) is 0 Å². The summed E-state index contributed by atoms with van der Waals surface area (Å²) in [7, 11) is 0. The molecule has 1 N–H and O–H groups in total. The van der Waals surface area contributed by atoms with E-state index in [-0.39, 0.29) is 5.92 Å². The molecule has 1 aliphatic carbocycles. The van der Waals surface area contributed by atoms with Gasteiger partial charge in [0.05, 0.1) is 0 Å².